The molecule has 4 rings (SSSR count). The van der Waals surface area contributed by atoms with Gasteiger partial charge in [-0.25, -0.2) is 9.59 Å². The lowest BCUT2D eigenvalue weighted by atomic mass is 9.78. The first-order valence-electron chi connectivity index (χ1n) is 14.8. The number of likely N-dealkylation sites (N-methyl/N-ethyl adjacent to an activating group) is 2. The summed E-state index contributed by atoms with van der Waals surface area (Å²) in [7, 11) is 8.59. The largest absolute Gasteiger partial charge is 0.466 e. The molecular weight excluding hydrogens is 599 g/mol. The summed E-state index contributed by atoms with van der Waals surface area (Å²) in [5, 5.41) is 0. The normalized spacial score (nSPS) is 20.1. The SMILES string of the molecule is COC(=O)C1=C(CCN2CCN(C)CC2)N(C)C(CCN2CCN(C)CC2)=C(C(=O)OC)C1c1ccc(C(F)(F)F)cc1.Cl. The number of rotatable bonds is 9. The van der Waals surface area contributed by atoms with Crippen molar-refractivity contribution >= 4 is 24.3 Å². The summed E-state index contributed by atoms with van der Waals surface area (Å²) < 4.78 is 50.9. The van der Waals surface area contributed by atoms with E-state index in [0.717, 1.165) is 64.5 Å². The molecule has 3 aliphatic heterocycles. The van der Waals surface area contributed by atoms with Gasteiger partial charge < -0.3 is 34.0 Å². The second-order valence-electron chi connectivity index (χ2n) is 11.6. The van der Waals surface area contributed by atoms with Gasteiger partial charge in [0.1, 0.15) is 0 Å². The smallest absolute Gasteiger partial charge is 0.416 e. The molecule has 1 aromatic carbocycles. The molecule has 2 saturated heterocycles. The Hall–Kier alpha value is -2.64. The summed E-state index contributed by atoms with van der Waals surface area (Å²) in [4.78, 5) is 38.2. The van der Waals surface area contributed by atoms with Crippen LogP contribution in [0.2, 0.25) is 0 Å². The summed E-state index contributed by atoms with van der Waals surface area (Å²) in [5.41, 5.74) is 1.51. The molecular formula is C31H45ClF3N5O4. The molecule has 0 bridgehead atoms. The van der Waals surface area contributed by atoms with Crippen molar-refractivity contribution in [3.63, 3.8) is 0 Å². The second-order valence-corrected chi connectivity index (χ2v) is 11.6. The van der Waals surface area contributed by atoms with Crippen LogP contribution in [-0.2, 0) is 25.2 Å². The lowest BCUT2D eigenvalue weighted by Crippen LogP contribution is -2.46. The summed E-state index contributed by atoms with van der Waals surface area (Å²) in [6.07, 6.45) is -3.50. The molecule has 0 spiro atoms. The van der Waals surface area contributed by atoms with Crippen molar-refractivity contribution in [2.45, 2.75) is 24.9 Å². The van der Waals surface area contributed by atoms with Gasteiger partial charge in [-0.05, 0) is 31.8 Å². The molecule has 13 heteroatoms. The Labute approximate surface area is 264 Å². The quantitative estimate of drug-likeness (QED) is 0.377. The van der Waals surface area contributed by atoms with E-state index < -0.39 is 29.6 Å². The Kier molecular flexibility index (Phi) is 12.7. The summed E-state index contributed by atoms with van der Waals surface area (Å²) in [6, 6.07) is 4.68. The van der Waals surface area contributed by atoms with Crippen molar-refractivity contribution in [3.8, 4) is 0 Å². The number of hydrogen-bond donors (Lipinski definition) is 0. The van der Waals surface area contributed by atoms with E-state index in [1.54, 1.807) is 0 Å². The van der Waals surface area contributed by atoms with Crippen LogP contribution in [0.4, 0.5) is 13.2 Å². The van der Waals surface area contributed by atoms with Gasteiger partial charge in [0.15, 0.2) is 0 Å². The van der Waals surface area contributed by atoms with Gasteiger partial charge in [-0.1, -0.05) is 12.1 Å². The summed E-state index contributed by atoms with van der Waals surface area (Å²) in [6.45, 7) is 8.70. The van der Waals surface area contributed by atoms with Crippen LogP contribution >= 0.6 is 12.4 Å². The number of benzene rings is 1. The third-order valence-corrected chi connectivity index (χ3v) is 8.91. The fourth-order valence-corrected chi connectivity index (χ4v) is 6.17. The molecule has 2 fully saturated rings. The Morgan fingerprint density at radius 3 is 1.45 bits per heavy atom. The van der Waals surface area contributed by atoms with Gasteiger partial charge in [0, 0.05) is 96.7 Å². The molecule has 0 N–H and O–H groups in total. The fraction of sp³-hybridized carbons (Fsp3) is 0.613. The standard InChI is InChI=1S/C31H44F3N5O4.ClH/c1-35-14-18-38(19-15-35)12-10-24-27(29(40)42-4)26(22-6-8-23(9-7-22)31(32,33)34)28(30(41)43-5)25(37(24)3)11-13-39-20-16-36(2)17-21-39;/h6-9,26H,10-21H2,1-5H3;1H. The van der Waals surface area contributed by atoms with E-state index in [1.807, 2.05) is 11.9 Å². The maximum absolute atomic E-state index is 13.5. The van der Waals surface area contributed by atoms with Crippen molar-refractivity contribution in [1.82, 2.24) is 24.5 Å². The van der Waals surface area contributed by atoms with E-state index in [1.165, 1.54) is 26.4 Å². The van der Waals surface area contributed by atoms with Crippen molar-refractivity contribution in [2.24, 2.45) is 0 Å². The van der Waals surface area contributed by atoms with Crippen LogP contribution in [0.3, 0.4) is 0 Å². The third-order valence-electron chi connectivity index (χ3n) is 8.91. The number of carbonyl (C=O) groups excluding carboxylic acids is 2. The van der Waals surface area contributed by atoms with E-state index in [4.69, 9.17) is 9.47 Å². The highest BCUT2D eigenvalue weighted by Gasteiger charge is 2.42. The van der Waals surface area contributed by atoms with Crippen LogP contribution in [0, 0.1) is 0 Å². The molecule has 3 heterocycles. The molecule has 44 heavy (non-hydrogen) atoms. The van der Waals surface area contributed by atoms with Crippen LogP contribution in [0.1, 0.15) is 29.9 Å². The Morgan fingerprint density at radius 2 is 1.11 bits per heavy atom. The van der Waals surface area contributed by atoms with E-state index in [-0.39, 0.29) is 23.6 Å². The molecule has 3 aliphatic rings. The molecule has 0 saturated carbocycles. The number of halogens is 4. The number of ether oxygens (including phenoxy) is 2. The van der Waals surface area contributed by atoms with E-state index in [9.17, 15) is 22.8 Å². The zero-order valence-corrected chi connectivity index (χ0v) is 27.1. The van der Waals surface area contributed by atoms with Crippen molar-refractivity contribution in [3.05, 3.63) is 57.9 Å². The van der Waals surface area contributed by atoms with Gasteiger partial charge in [0.2, 0.25) is 0 Å². The number of alkyl halides is 3. The minimum atomic E-state index is -4.52. The van der Waals surface area contributed by atoms with Gasteiger partial charge in [-0.3, -0.25) is 0 Å². The summed E-state index contributed by atoms with van der Waals surface area (Å²) >= 11 is 0. The van der Waals surface area contributed by atoms with Crippen molar-refractivity contribution in [1.29, 1.82) is 0 Å². The number of hydrogen-bond acceptors (Lipinski definition) is 9. The van der Waals surface area contributed by atoms with Crippen LogP contribution in [0.25, 0.3) is 0 Å². The molecule has 0 aliphatic carbocycles. The topological polar surface area (TPSA) is 68.8 Å². The van der Waals surface area contributed by atoms with Gasteiger partial charge in [-0.15, -0.1) is 12.4 Å². The molecule has 0 radical (unpaired) electrons. The second kappa shape index (κ2) is 15.6. The van der Waals surface area contributed by atoms with E-state index in [0.29, 0.717) is 42.9 Å². The lowest BCUT2D eigenvalue weighted by molar-refractivity contribution is -0.139. The highest BCUT2D eigenvalue weighted by atomic mass is 35.5. The van der Waals surface area contributed by atoms with Crippen molar-refractivity contribution < 1.29 is 32.2 Å². The predicted octanol–water partition coefficient (Wildman–Crippen LogP) is 3.29. The number of piperazine rings is 2. The highest BCUT2D eigenvalue weighted by molar-refractivity contribution is 6.00. The Morgan fingerprint density at radius 1 is 0.727 bits per heavy atom. The van der Waals surface area contributed by atoms with E-state index >= 15 is 0 Å². The average molecular weight is 644 g/mol. The first-order chi connectivity index (χ1) is 20.4. The Bertz CT molecular complexity index is 1140. The van der Waals surface area contributed by atoms with Gasteiger partial charge in [0.05, 0.1) is 36.8 Å². The van der Waals surface area contributed by atoms with Crippen LogP contribution in [-0.4, -0.2) is 137 Å². The van der Waals surface area contributed by atoms with Crippen LogP contribution in [0.5, 0.6) is 0 Å². The average Bonchev–Trinajstić information content (AvgIpc) is 2.99. The fourth-order valence-electron chi connectivity index (χ4n) is 6.17. The zero-order valence-electron chi connectivity index (χ0n) is 26.3. The van der Waals surface area contributed by atoms with Gasteiger partial charge in [0.25, 0.3) is 0 Å². The molecule has 9 nitrogen and oxygen atoms in total. The maximum atomic E-state index is 13.5. The minimum absolute atomic E-state index is 0. The lowest BCUT2D eigenvalue weighted by Gasteiger charge is -2.40. The first kappa shape index (κ1) is 35.8. The van der Waals surface area contributed by atoms with E-state index in [2.05, 4.69) is 33.7 Å². The molecule has 246 valence electrons. The molecule has 0 unspecified atom stereocenters. The predicted molar refractivity (Wildman–Crippen MR) is 164 cm³/mol. The molecule has 0 amide bonds. The first-order valence-corrected chi connectivity index (χ1v) is 14.8. The zero-order chi connectivity index (χ0) is 31.3. The molecule has 1 aromatic rings. The Balaban J connectivity index is 0.00000529. The number of esters is 2. The summed E-state index contributed by atoms with van der Waals surface area (Å²) in [5.74, 6) is -2.18. The number of methoxy groups -OCH3 is 2. The highest BCUT2D eigenvalue weighted by Crippen LogP contribution is 2.45. The minimum Gasteiger partial charge on any atom is -0.466 e. The van der Waals surface area contributed by atoms with Gasteiger partial charge >= 0.3 is 18.1 Å². The number of carbonyl (C=O) groups is 2. The van der Waals surface area contributed by atoms with Crippen molar-refractivity contribution in [2.75, 3.05) is 101 Å². The third kappa shape index (κ3) is 8.33. The van der Waals surface area contributed by atoms with Crippen LogP contribution < -0.4 is 0 Å². The monoisotopic (exact) mass is 643 g/mol. The van der Waals surface area contributed by atoms with Crippen LogP contribution in [0.15, 0.2) is 46.8 Å². The van der Waals surface area contributed by atoms with Gasteiger partial charge in [-0.2, -0.15) is 13.2 Å². The molecule has 0 atom stereocenters. The molecule has 0 aromatic heterocycles. The number of nitrogens with zero attached hydrogens (tertiary/aromatic N) is 5. The maximum Gasteiger partial charge on any atom is 0.416 e.